The maximum Gasteiger partial charge on any atom is 0.242 e. The lowest BCUT2D eigenvalue weighted by molar-refractivity contribution is 0.339. The highest BCUT2D eigenvalue weighted by atomic mass is 32.2. The second kappa shape index (κ2) is 4.96. The molecule has 1 fully saturated rings. The molecule has 0 spiro atoms. The lowest BCUT2D eigenvalue weighted by Gasteiger charge is -2.28. The first-order valence-corrected chi connectivity index (χ1v) is 7.75. The quantitative estimate of drug-likeness (QED) is 0.864. The number of benzene rings is 1. The fourth-order valence-corrected chi connectivity index (χ4v) is 3.77. The molecule has 2 aliphatic rings. The Bertz CT molecular complexity index is 604. The van der Waals surface area contributed by atoms with Crippen molar-refractivity contribution < 1.29 is 13.2 Å². The molecule has 1 saturated heterocycles. The third-order valence-electron chi connectivity index (χ3n) is 3.35. The zero-order chi connectivity index (χ0) is 13.3. The van der Waals surface area contributed by atoms with Crippen molar-refractivity contribution >= 4 is 16.1 Å². The number of piperazine rings is 1. The van der Waals surface area contributed by atoms with Crippen LogP contribution in [0.4, 0.5) is 0 Å². The van der Waals surface area contributed by atoms with Crippen molar-refractivity contribution in [2.45, 2.75) is 0 Å². The minimum absolute atomic E-state index is 0.114. The second-order valence-corrected chi connectivity index (χ2v) is 6.58. The monoisotopic (exact) mass is 280 g/mol. The van der Waals surface area contributed by atoms with Gasteiger partial charge in [-0.3, -0.25) is 0 Å². The molecule has 0 aromatic heterocycles. The maximum absolute atomic E-state index is 12.5. The molecule has 2 heterocycles. The van der Waals surface area contributed by atoms with Crippen LogP contribution >= 0.6 is 0 Å². The molecule has 0 unspecified atom stereocenters. The summed E-state index contributed by atoms with van der Waals surface area (Å²) < 4.78 is 32.0. The van der Waals surface area contributed by atoms with Crippen LogP contribution in [0.25, 0.3) is 6.08 Å². The second-order valence-electron chi connectivity index (χ2n) is 4.59. The van der Waals surface area contributed by atoms with E-state index < -0.39 is 10.0 Å². The van der Waals surface area contributed by atoms with Gasteiger partial charge in [-0.2, -0.15) is 4.31 Å². The zero-order valence-corrected chi connectivity index (χ0v) is 11.3. The molecule has 5 nitrogen and oxygen atoms in total. The summed E-state index contributed by atoms with van der Waals surface area (Å²) in [6.07, 6.45) is 1.72. The highest BCUT2D eigenvalue weighted by Crippen LogP contribution is 2.29. The predicted octanol–water partition coefficient (Wildman–Crippen LogP) is 0.655. The van der Waals surface area contributed by atoms with Gasteiger partial charge < -0.3 is 10.1 Å². The van der Waals surface area contributed by atoms with Crippen molar-refractivity contribution in [3.05, 3.63) is 34.7 Å². The van der Waals surface area contributed by atoms with Gasteiger partial charge in [0, 0.05) is 31.7 Å². The summed E-state index contributed by atoms with van der Waals surface area (Å²) in [7, 11) is -3.40. The molecule has 0 aliphatic carbocycles. The fourth-order valence-electron chi connectivity index (χ4n) is 2.29. The van der Waals surface area contributed by atoms with E-state index in [4.69, 9.17) is 4.74 Å². The molecule has 0 atom stereocenters. The van der Waals surface area contributed by atoms with E-state index in [1.807, 2.05) is 24.3 Å². The van der Waals surface area contributed by atoms with E-state index in [-0.39, 0.29) is 6.61 Å². The van der Waals surface area contributed by atoms with E-state index in [1.165, 1.54) is 4.31 Å². The molecule has 3 rings (SSSR count). The molecule has 0 saturated carbocycles. The Morgan fingerprint density at radius 3 is 2.68 bits per heavy atom. The zero-order valence-electron chi connectivity index (χ0n) is 10.5. The van der Waals surface area contributed by atoms with Crippen LogP contribution < -0.4 is 10.1 Å². The Balaban J connectivity index is 1.92. The van der Waals surface area contributed by atoms with Gasteiger partial charge >= 0.3 is 0 Å². The van der Waals surface area contributed by atoms with Crippen molar-refractivity contribution in [1.82, 2.24) is 9.62 Å². The lowest BCUT2D eigenvalue weighted by Crippen LogP contribution is -2.47. The average molecular weight is 280 g/mol. The van der Waals surface area contributed by atoms with Gasteiger partial charge in [0.2, 0.25) is 10.0 Å². The van der Waals surface area contributed by atoms with Gasteiger partial charge in [0.15, 0.2) is 0 Å². The van der Waals surface area contributed by atoms with E-state index in [0.29, 0.717) is 31.1 Å². The van der Waals surface area contributed by atoms with Gasteiger partial charge in [0.05, 0.1) is 4.91 Å². The first-order chi connectivity index (χ1) is 9.18. The number of hydrogen-bond acceptors (Lipinski definition) is 4. The number of nitrogens with zero attached hydrogens (tertiary/aromatic N) is 1. The Morgan fingerprint density at radius 2 is 1.89 bits per heavy atom. The molecule has 0 radical (unpaired) electrons. The summed E-state index contributed by atoms with van der Waals surface area (Å²) in [5, 5.41) is 3.15. The van der Waals surface area contributed by atoms with Crippen LogP contribution in [0.1, 0.15) is 5.56 Å². The molecule has 0 bridgehead atoms. The molecule has 0 amide bonds. The van der Waals surface area contributed by atoms with E-state index >= 15 is 0 Å². The number of sulfonamides is 1. The topological polar surface area (TPSA) is 58.6 Å². The van der Waals surface area contributed by atoms with Crippen molar-refractivity contribution in [2.24, 2.45) is 0 Å². The molecule has 2 aliphatic heterocycles. The summed E-state index contributed by atoms with van der Waals surface area (Å²) in [5.74, 6) is 0.738. The summed E-state index contributed by atoms with van der Waals surface area (Å²) >= 11 is 0. The molecule has 19 heavy (non-hydrogen) atoms. The average Bonchev–Trinajstić information content (AvgIpc) is 2.47. The van der Waals surface area contributed by atoms with Gasteiger partial charge in [-0.05, 0) is 12.1 Å². The SMILES string of the molecule is O=S(=O)(C1=Cc2ccccc2OC1)N1CCNCC1. The Hall–Kier alpha value is -1.37. The summed E-state index contributed by atoms with van der Waals surface area (Å²) in [6, 6.07) is 7.46. The number of hydrogen-bond donors (Lipinski definition) is 1. The minimum Gasteiger partial charge on any atom is -0.487 e. The molecule has 6 heteroatoms. The van der Waals surface area contributed by atoms with Crippen LogP contribution in [-0.4, -0.2) is 45.5 Å². The molecular weight excluding hydrogens is 264 g/mol. The van der Waals surface area contributed by atoms with Crippen LogP contribution in [0, 0.1) is 0 Å². The van der Waals surface area contributed by atoms with E-state index in [0.717, 1.165) is 11.3 Å². The normalized spacial score (nSPS) is 20.3. The molecule has 102 valence electrons. The molecule has 1 N–H and O–H groups in total. The first kappa shape index (κ1) is 12.7. The van der Waals surface area contributed by atoms with Crippen LogP contribution in [0.2, 0.25) is 0 Å². The number of para-hydroxylation sites is 1. The molecular formula is C13H16N2O3S. The largest absolute Gasteiger partial charge is 0.487 e. The number of rotatable bonds is 2. The summed E-state index contributed by atoms with van der Waals surface area (Å²) in [6.45, 7) is 2.54. The summed E-state index contributed by atoms with van der Waals surface area (Å²) in [4.78, 5) is 0.341. The Labute approximate surface area is 112 Å². The predicted molar refractivity (Wildman–Crippen MR) is 73.3 cm³/mol. The fraction of sp³-hybridized carbons (Fsp3) is 0.385. The lowest BCUT2D eigenvalue weighted by atomic mass is 10.1. The van der Waals surface area contributed by atoms with E-state index in [2.05, 4.69) is 5.32 Å². The third-order valence-corrected chi connectivity index (χ3v) is 5.30. The van der Waals surface area contributed by atoms with Gasteiger partial charge in [-0.25, -0.2) is 8.42 Å². The third kappa shape index (κ3) is 2.39. The smallest absolute Gasteiger partial charge is 0.242 e. The van der Waals surface area contributed by atoms with Crippen molar-refractivity contribution in [1.29, 1.82) is 0 Å². The first-order valence-electron chi connectivity index (χ1n) is 6.31. The van der Waals surface area contributed by atoms with Crippen LogP contribution in [0.3, 0.4) is 0 Å². The number of ether oxygens (including phenoxy) is 1. The Kier molecular flexibility index (Phi) is 3.30. The van der Waals surface area contributed by atoms with E-state index in [1.54, 1.807) is 6.08 Å². The highest BCUT2D eigenvalue weighted by Gasteiger charge is 2.30. The van der Waals surface area contributed by atoms with Crippen molar-refractivity contribution in [3.8, 4) is 5.75 Å². The van der Waals surface area contributed by atoms with Gasteiger partial charge in [-0.15, -0.1) is 0 Å². The van der Waals surface area contributed by atoms with Crippen LogP contribution in [0.5, 0.6) is 5.75 Å². The van der Waals surface area contributed by atoms with Crippen LogP contribution in [-0.2, 0) is 10.0 Å². The van der Waals surface area contributed by atoms with Gasteiger partial charge in [0.1, 0.15) is 12.4 Å². The van der Waals surface area contributed by atoms with Gasteiger partial charge in [0.25, 0.3) is 0 Å². The highest BCUT2D eigenvalue weighted by molar-refractivity contribution is 7.93. The standard InChI is InChI=1S/C13H16N2O3S/c16-19(17,15-7-5-14-6-8-15)12-9-11-3-1-2-4-13(11)18-10-12/h1-4,9,14H,5-8,10H2. The number of fused-ring (bicyclic) bond motifs is 1. The summed E-state index contributed by atoms with van der Waals surface area (Å²) in [5.41, 5.74) is 0.822. The van der Waals surface area contributed by atoms with E-state index in [9.17, 15) is 8.42 Å². The minimum atomic E-state index is -3.40. The number of nitrogens with one attached hydrogen (secondary N) is 1. The van der Waals surface area contributed by atoms with Crippen molar-refractivity contribution in [3.63, 3.8) is 0 Å². The van der Waals surface area contributed by atoms with Crippen molar-refractivity contribution in [2.75, 3.05) is 32.8 Å². The Morgan fingerprint density at radius 1 is 1.16 bits per heavy atom. The van der Waals surface area contributed by atoms with Crippen LogP contribution in [0.15, 0.2) is 29.2 Å². The van der Waals surface area contributed by atoms with Gasteiger partial charge in [-0.1, -0.05) is 18.2 Å². The molecule has 1 aromatic carbocycles. The maximum atomic E-state index is 12.5. The molecule has 1 aromatic rings.